The van der Waals surface area contributed by atoms with Gasteiger partial charge in [-0.1, -0.05) is 0 Å². The summed E-state index contributed by atoms with van der Waals surface area (Å²) in [6, 6.07) is 7.86. The van der Waals surface area contributed by atoms with E-state index in [4.69, 9.17) is 4.74 Å². The molecule has 0 unspecified atom stereocenters. The predicted molar refractivity (Wildman–Crippen MR) is 77.4 cm³/mol. The molecular weight excluding hydrogens is 240 g/mol. The van der Waals surface area contributed by atoms with Gasteiger partial charge in [-0.15, -0.1) is 0 Å². The smallest absolute Gasteiger partial charge is 0.224 e. The van der Waals surface area contributed by atoms with Crippen LogP contribution < -0.4 is 15.0 Å². The fraction of sp³-hybridized carbons (Fsp3) is 0.286. The quantitative estimate of drug-likeness (QED) is 0.913. The molecule has 0 spiro atoms. The zero-order chi connectivity index (χ0) is 13.8. The summed E-state index contributed by atoms with van der Waals surface area (Å²) in [6.45, 7) is 1.99. The van der Waals surface area contributed by atoms with Crippen LogP contribution in [0.25, 0.3) is 0 Å². The third-order valence-corrected chi connectivity index (χ3v) is 2.95. The van der Waals surface area contributed by atoms with Crippen molar-refractivity contribution in [3.63, 3.8) is 0 Å². The molecule has 0 amide bonds. The van der Waals surface area contributed by atoms with Gasteiger partial charge in [0, 0.05) is 31.5 Å². The molecule has 0 fully saturated rings. The Kier molecular flexibility index (Phi) is 3.85. The van der Waals surface area contributed by atoms with Gasteiger partial charge in [-0.3, -0.25) is 0 Å². The van der Waals surface area contributed by atoms with Crippen molar-refractivity contribution in [2.24, 2.45) is 0 Å². The minimum atomic E-state index is 0.612. The number of anilines is 3. The van der Waals surface area contributed by atoms with E-state index in [2.05, 4.69) is 15.3 Å². The summed E-state index contributed by atoms with van der Waals surface area (Å²) in [4.78, 5) is 10.7. The Balaban J connectivity index is 2.34. The van der Waals surface area contributed by atoms with Crippen LogP contribution in [0.1, 0.15) is 5.56 Å². The molecule has 1 heterocycles. The van der Waals surface area contributed by atoms with Gasteiger partial charge in [0.05, 0.1) is 7.11 Å². The van der Waals surface area contributed by atoms with Crippen LogP contribution in [0.5, 0.6) is 5.75 Å². The van der Waals surface area contributed by atoms with Crippen LogP contribution in [0.3, 0.4) is 0 Å². The average Bonchev–Trinajstić information content (AvgIpc) is 2.47. The van der Waals surface area contributed by atoms with Crippen molar-refractivity contribution in [2.45, 2.75) is 6.92 Å². The van der Waals surface area contributed by atoms with E-state index in [0.717, 1.165) is 22.8 Å². The van der Waals surface area contributed by atoms with Crippen molar-refractivity contribution in [3.05, 3.63) is 36.0 Å². The number of rotatable bonds is 4. The molecular formula is C14H18N4O. The van der Waals surface area contributed by atoms with Crippen molar-refractivity contribution in [2.75, 3.05) is 31.4 Å². The van der Waals surface area contributed by atoms with Gasteiger partial charge >= 0.3 is 0 Å². The van der Waals surface area contributed by atoms with E-state index >= 15 is 0 Å². The highest BCUT2D eigenvalue weighted by Gasteiger charge is 2.10. The van der Waals surface area contributed by atoms with Crippen LogP contribution in [0, 0.1) is 6.92 Å². The van der Waals surface area contributed by atoms with Gasteiger partial charge in [-0.2, -0.15) is 4.98 Å². The summed E-state index contributed by atoms with van der Waals surface area (Å²) in [5.41, 5.74) is 2.07. The molecule has 0 radical (unpaired) electrons. The van der Waals surface area contributed by atoms with Gasteiger partial charge in [0.15, 0.2) is 0 Å². The lowest BCUT2D eigenvalue weighted by atomic mass is 10.2. The number of nitrogens with zero attached hydrogens (tertiary/aromatic N) is 3. The van der Waals surface area contributed by atoms with E-state index in [1.165, 1.54) is 0 Å². The maximum absolute atomic E-state index is 5.16. The van der Waals surface area contributed by atoms with E-state index in [1.807, 2.05) is 56.4 Å². The zero-order valence-corrected chi connectivity index (χ0v) is 11.6. The Morgan fingerprint density at radius 1 is 1.21 bits per heavy atom. The molecule has 1 aromatic heterocycles. The predicted octanol–water partition coefficient (Wildman–Crippen LogP) is 2.60. The molecule has 1 aromatic carbocycles. The van der Waals surface area contributed by atoms with Crippen LogP contribution in [-0.4, -0.2) is 31.2 Å². The highest BCUT2D eigenvalue weighted by Crippen LogP contribution is 2.26. The first kappa shape index (κ1) is 13.1. The van der Waals surface area contributed by atoms with Gasteiger partial charge in [-0.25, -0.2) is 4.98 Å². The Morgan fingerprint density at radius 3 is 2.47 bits per heavy atom. The Hall–Kier alpha value is -2.30. The van der Waals surface area contributed by atoms with Gasteiger partial charge in [0.1, 0.15) is 11.6 Å². The molecule has 5 nitrogen and oxygen atoms in total. The molecule has 0 bridgehead atoms. The highest BCUT2D eigenvalue weighted by molar-refractivity contribution is 5.63. The number of methoxy groups -OCH3 is 1. The van der Waals surface area contributed by atoms with Crippen molar-refractivity contribution < 1.29 is 4.74 Å². The molecule has 19 heavy (non-hydrogen) atoms. The summed E-state index contributed by atoms with van der Waals surface area (Å²) in [7, 11) is 5.45. The van der Waals surface area contributed by atoms with Crippen molar-refractivity contribution in [1.82, 2.24) is 9.97 Å². The number of benzene rings is 1. The normalized spacial score (nSPS) is 10.1. The van der Waals surface area contributed by atoms with Crippen molar-refractivity contribution in [3.8, 4) is 5.75 Å². The molecule has 0 saturated heterocycles. The first-order valence-corrected chi connectivity index (χ1v) is 6.05. The molecule has 0 aliphatic carbocycles. The van der Waals surface area contributed by atoms with Gasteiger partial charge in [0.2, 0.25) is 5.95 Å². The summed E-state index contributed by atoms with van der Waals surface area (Å²) < 4.78 is 5.16. The molecule has 0 aliphatic rings. The second-order valence-corrected chi connectivity index (χ2v) is 4.21. The number of hydrogen-bond acceptors (Lipinski definition) is 5. The van der Waals surface area contributed by atoms with Crippen LogP contribution in [0.4, 0.5) is 17.5 Å². The third-order valence-electron chi connectivity index (χ3n) is 2.95. The fourth-order valence-corrected chi connectivity index (χ4v) is 1.82. The zero-order valence-electron chi connectivity index (χ0n) is 11.6. The van der Waals surface area contributed by atoms with E-state index in [-0.39, 0.29) is 0 Å². The van der Waals surface area contributed by atoms with Crippen LogP contribution in [0.2, 0.25) is 0 Å². The molecule has 0 atom stereocenters. The van der Waals surface area contributed by atoms with Crippen molar-refractivity contribution >= 4 is 17.5 Å². The van der Waals surface area contributed by atoms with E-state index in [1.54, 1.807) is 7.11 Å². The molecule has 1 N–H and O–H groups in total. The fourth-order valence-electron chi connectivity index (χ4n) is 1.82. The topological polar surface area (TPSA) is 50.3 Å². The molecule has 2 rings (SSSR count). The monoisotopic (exact) mass is 258 g/mol. The Labute approximate surface area is 113 Å². The Morgan fingerprint density at radius 2 is 1.89 bits per heavy atom. The molecule has 0 aliphatic heterocycles. The minimum absolute atomic E-state index is 0.612. The Bertz CT molecular complexity index is 554. The maximum Gasteiger partial charge on any atom is 0.224 e. The number of aryl methyl sites for hydroxylation is 1. The lowest BCUT2D eigenvalue weighted by Crippen LogP contribution is -2.14. The van der Waals surface area contributed by atoms with Gasteiger partial charge in [-0.05, 0) is 31.2 Å². The lowest BCUT2D eigenvalue weighted by molar-refractivity contribution is 0.415. The standard InChI is InChI=1S/C14H18N4O/c1-10-9-16-14(15-2)17-13(10)18(3)11-5-7-12(19-4)8-6-11/h5-9H,1-4H3,(H,15,16,17). The van der Waals surface area contributed by atoms with Crippen molar-refractivity contribution in [1.29, 1.82) is 0 Å². The second-order valence-electron chi connectivity index (χ2n) is 4.21. The average molecular weight is 258 g/mol. The SMILES string of the molecule is CNc1ncc(C)c(N(C)c2ccc(OC)cc2)n1. The summed E-state index contributed by atoms with van der Waals surface area (Å²) in [5.74, 6) is 2.33. The van der Waals surface area contributed by atoms with Crippen LogP contribution in [0.15, 0.2) is 30.5 Å². The van der Waals surface area contributed by atoms with E-state index in [9.17, 15) is 0 Å². The van der Waals surface area contributed by atoms with Crippen LogP contribution >= 0.6 is 0 Å². The summed E-state index contributed by atoms with van der Waals surface area (Å²) in [6.07, 6.45) is 1.81. The summed E-state index contributed by atoms with van der Waals surface area (Å²) in [5, 5.41) is 2.95. The molecule has 0 saturated carbocycles. The van der Waals surface area contributed by atoms with E-state index < -0.39 is 0 Å². The number of nitrogens with one attached hydrogen (secondary N) is 1. The second kappa shape index (κ2) is 5.56. The molecule has 100 valence electrons. The minimum Gasteiger partial charge on any atom is -0.497 e. The van der Waals surface area contributed by atoms with Gasteiger partial charge in [0.25, 0.3) is 0 Å². The number of aromatic nitrogens is 2. The highest BCUT2D eigenvalue weighted by atomic mass is 16.5. The molecule has 2 aromatic rings. The van der Waals surface area contributed by atoms with Gasteiger partial charge < -0.3 is 15.0 Å². The number of hydrogen-bond donors (Lipinski definition) is 1. The lowest BCUT2D eigenvalue weighted by Gasteiger charge is -2.20. The number of ether oxygens (including phenoxy) is 1. The molecule has 5 heteroatoms. The van der Waals surface area contributed by atoms with Crippen LogP contribution in [-0.2, 0) is 0 Å². The summed E-state index contributed by atoms with van der Waals surface area (Å²) >= 11 is 0. The largest absolute Gasteiger partial charge is 0.497 e. The maximum atomic E-state index is 5.16. The third kappa shape index (κ3) is 2.76. The van der Waals surface area contributed by atoms with E-state index in [0.29, 0.717) is 5.95 Å². The first-order valence-electron chi connectivity index (χ1n) is 6.05. The first-order chi connectivity index (χ1) is 9.15.